The van der Waals surface area contributed by atoms with Crippen LogP contribution < -0.4 is 10.1 Å². The van der Waals surface area contributed by atoms with Gasteiger partial charge in [0.1, 0.15) is 5.75 Å². The van der Waals surface area contributed by atoms with Crippen molar-refractivity contribution in [2.24, 2.45) is 0 Å². The molecule has 0 bridgehead atoms. The molecule has 0 aliphatic carbocycles. The van der Waals surface area contributed by atoms with E-state index < -0.39 is 15.9 Å². The minimum Gasteiger partial charge on any atom is -0.492 e. The number of ether oxygens (including phenoxy) is 1. The highest BCUT2D eigenvalue weighted by molar-refractivity contribution is 7.89. The molecule has 0 aromatic heterocycles. The summed E-state index contributed by atoms with van der Waals surface area (Å²) in [7, 11) is -1.30. The average molecular weight is 364 g/mol. The number of nitrogens with zero attached hydrogens (tertiary/aromatic N) is 1. The molecule has 0 saturated carbocycles. The Kier molecular flexibility index (Phi) is 6.13. The highest BCUT2D eigenvalue weighted by atomic mass is 32.2. The molecule has 0 atom stereocenters. The molecule has 134 valence electrons. The minimum atomic E-state index is -3.83. The largest absolute Gasteiger partial charge is 0.492 e. The van der Waals surface area contributed by atoms with E-state index in [0.29, 0.717) is 18.0 Å². The van der Waals surface area contributed by atoms with Crippen LogP contribution in [0.4, 0.5) is 5.69 Å². The summed E-state index contributed by atoms with van der Waals surface area (Å²) in [5, 5.41) is 2.73. The number of anilines is 1. The fraction of sp³-hybridized carbons (Fsp3) is 0.235. The first-order valence-corrected chi connectivity index (χ1v) is 9.00. The third kappa shape index (κ3) is 4.36. The number of hydroxylamine groups is 1. The highest BCUT2D eigenvalue weighted by Gasteiger charge is 2.22. The summed E-state index contributed by atoms with van der Waals surface area (Å²) in [4.78, 5) is 17.2. The van der Waals surface area contributed by atoms with Crippen LogP contribution in [-0.2, 0) is 14.9 Å². The van der Waals surface area contributed by atoms with Crippen molar-refractivity contribution in [3.05, 3.63) is 54.1 Å². The Morgan fingerprint density at radius 1 is 1.16 bits per heavy atom. The first-order chi connectivity index (χ1) is 11.9. The Bertz CT molecular complexity index is 852. The predicted molar refractivity (Wildman–Crippen MR) is 94.0 cm³/mol. The molecule has 0 spiro atoms. The van der Waals surface area contributed by atoms with Crippen LogP contribution >= 0.6 is 0 Å². The molecule has 0 radical (unpaired) electrons. The standard InChI is InChI=1S/C17H20N2O5S/c1-4-24-16-11-6-5-10-15(16)18-17(20)13-8-7-9-14(12-13)25(21,22)19(2)23-3/h5-12H,4H2,1-3H3,(H,18,20). The smallest absolute Gasteiger partial charge is 0.264 e. The van der Waals surface area contributed by atoms with Crippen molar-refractivity contribution in [2.75, 3.05) is 26.1 Å². The van der Waals surface area contributed by atoms with Crippen molar-refractivity contribution >= 4 is 21.6 Å². The van der Waals surface area contributed by atoms with E-state index >= 15 is 0 Å². The lowest BCUT2D eigenvalue weighted by Crippen LogP contribution is -2.26. The Balaban J connectivity index is 2.28. The number of rotatable bonds is 7. The second kappa shape index (κ2) is 8.11. The number of carbonyl (C=O) groups is 1. The van der Waals surface area contributed by atoms with Gasteiger partial charge in [-0.05, 0) is 37.3 Å². The van der Waals surface area contributed by atoms with E-state index in [2.05, 4.69) is 5.32 Å². The zero-order chi connectivity index (χ0) is 18.4. The lowest BCUT2D eigenvalue weighted by Gasteiger charge is -2.15. The summed E-state index contributed by atoms with van der Waals surface area (Å²) >= 11 is 0. The number of amides is 1. The van der Waals surface area contributed by atoms with Gasteiger partial charge in [-0.2, -0.15) is 0 Å². The van der Waals surface area contributed by atoms with Gasteiger partial charge >= 0.3 is 0 Å². The summed E-state index contributed by atoms with van der Waals surface area (Å²) in [6.45, 7) is 2.31. The van der Waals surface area contributed by atoms with Gasteiger partial charge < -0.3 is 10.1 Å². The lowest BCUT2D eigenvalue weighted by atomic mass is 10.2. The summed E-state index contributed by atoms with van der Waals surface area (Å²) < 4.78 is 30.8. The lowest BCUT2D eigenvalue weighted by molar-refractivity contribution is -0.0258. The number of hydrogen-bond acceptors (Lipinski definition) is 5. The first kappa shape index (κ1) is 18.9. The van der Waals surface area contributed by atoms with Gasteiger partial charge in [-0.1, -0.05) is 22.7 Å². The number of hydrogen-bond donors (Lipinski definition) is 1. The van der Waals surface area contributed by atoms with Crippen molar-refractivity contribution < 1.29 is 22.8 Å². The van der Waals surface area contributed by atoms with Crippen LogP contribution in [0.1, 0.15) is 17.3 Å². The number of carbonyl (C=O) groups excluding carboxylic acids is 1. The maximum atomic E-state index is 12.5. The quantitative estimate of drug-likeness (QED) is 0.763. The van der Waals surface area contributed by atoms with E-state index in [1.165, 1.54) is 38.4 Å². The van der Waals surface area contributed by atoms with Crippen molar-refractivity contribution in [3.63, 3.8) is 0 Å². The van der Waals surface area contributed by atoms with Crippen LogP contribution in [0.2, 0.25) is 0 Å². The highest BCUT2D eigenvalue weighted by Crippen LogP contribution is 2.24. The van der Waals surface area contributed by atoms with Gasteiger partial charge in [0, 0.05) is 12.6 Å². The molecular weight excluding hydrogens is 344 g/mol. The van der Waals surface area contributed by atoms with Gasteiger partial charge in [-0.25, -0.2) is 8.42 Å². The Morgan fingerprint density at radius 3 is 2.56 bits per heavy atom. The normalized spacial score (nSPS) is 11.4. The molecule has 0 aliphatic rings. The fourth-order valence-electron chi connectivity index (χ4n) is 2.09. The molecule has 25 heavy (non-hydrogen) atoms. The van der Waals surface area contributed by atoms with Crippen LogP contribution in [0.15, 0.2) is 53.4 Å². The molecule has 7 nitrogen and oxygen atoms in total. The van der Waals surface area contributed by atoms with Gasteiger partial charge in [0.05, 0.1) is 24.3 Å². The summed E-state index contributed by atoms with van der Waals surface area (Å²) in [6, 6.07) is 12.8. The zero-order valence-corrected chi connectivity index (χ0v) is 15.0. The molecule has 0 aliphatic heterocycles. The number of nitrogens with one attached hydrogen (secondary N) is 1. The van der Waals surface area contributed by atoms with E-state index in [0.717, 1.165) is 4.47 Å². The topological polar surface area (TPSA) is 84.9 Å². The molecule has 1 amide bonds. The first-order valence-electron chi connectivity index (χ1n) is 7.56. The van der Waals surface area contributed by atoms with E-state index in [1.807, 2.05) is 6.92 Å². The monoisotopic (exact) mass is 364 g/mol. The third-order valence-electron chi connectivity index (χ3n) is 3.42. The molecule has 2 aromatic carbocycles. The molecule has 0 saturated heterocycles. The average Bonchev–Trinajstić information content (AvgIpc) is 2.62. The number of sulfonamides is 1. The number of benzene rings is 2. The molecule has 2 aromatic rings. The second-order valence-corrected chi connectivity index (χ2v) is 6.94. The molecule has 8 heteroatoms. The predicted octanol–water partition coefficient (Wildman–Crippen LogP) is 2.52. The van der Waals surface area contributed by atoms with E-state index in [-0.39, 0.29) is 10.5 Å². The molecule has 0 unspecified atom stereocenters. The minimum absolute atomic E-state index is 0.0393. The Morgan fingerprint density at radius 2 is 1.88 bits per heavy atom. The summed E-state index contributed by atoms with van der Waals surface area (Å²) in [5.41, 5.74) is 0.716. The summed E-state index contributed by atoms with van der Waals surface area (Å²) in [5.74, 6) is 0.102. The van der Waals surface area contributed by atoms with E-state index in [9.17, 15) is 13.2 Å². The molecule has 0 fully saturated rings. The van der Waals surface area contributed by atoms with Crippen molar-refractivity contribution in [3.8, 4) is 5.75 Å². The fourth-order valence-corrected chi connectivity index (χ4v) is 3.11. The Labute approximate surface area is 147 Å². The van der Waals surface area contributed by atoms with Gasteiger partial charge in [0.2, 0.25) is 0 Å². The van der Waals surface area contributed by atoms with Gasteiger partial charge in [-0.15, -0.1) is 0 Å². The molecule has 2 rings (SSSR count). The van der Waals surface area contributed by atoms with Crippen LogP contribution in [-0.4, -0.2) is 39.6 Å². The van der Waals surface area contributed by atoms with Gasteiger partial charge in [0.15, 0.2) is 0 Å². The van der Waals surface area contributed by atoms with E-state index in [1.54, 1.807) is 24.3 Å². The van der Waals surface area contributed by atoms with Crippen LogP contribution in [0, 0.1) is 0 Å². The van der Waals surface area contributed by atoms with Gasteiger partial charge in [-0.3, -0.25) is 9.63 Å². The molecular formula is C17H20N2O5S. The van der Waals surface area contributed by atoms with Crippen LogP contribution in [0.3, 0.4) is 0 Å². The molecule has 0 heterocycles. The van der Waals surface area contributed by atoms with Crippen LogP contribution in [0.5, 0.6) is 5.75 Å². The van der Waals surface area contributed by atoms with Crippen molar-refractivity contribution in [1.82, 2.24) is 4.47 Å². The summed E-state index contributed by atoms with van der Waals surface area (Å²) in [6.07, 6.45) is 0. The van der Waals surface area contributed by atoms with Crippen molar-refractivity contribution in [2.45, 2.75) is 11.8 Å². The maximum absolute atomic E-state index is 12.5. The SMILES string of the molecule is CCOc1ccccc1NC(=O)c1cccc(S(=O)(=O)N(C)OC)c1. The van der Waals surface area contributed by atoms with Crippen LogP contribution in [0.25, 0.3) is 0 Å². The Hall–Kier alpha value is -2.42. The van der Waals surface area contributed by atoms with Crippen molar-refractivity contribution in [1.29, 1.82) is 0 Å². The van der Waals surface area contributed by atoms with E-state index in [4.69, 9.17) is 9.57 Å². The number of para-hydroxylation sites is 2. The second-order valence-electron chi connectivity index (χ2n) is 5.01. The maximum Gasteiger partial charge on any atom is 0.264 e. The third-order valence-corrected chi connectivity index (χ3v) is 5.10. The van der Waals surface area contributed by atoms with Gasteiger partial charge in [0.25, 0.3) is 15.9 Å². The molecule has 1 N–H and O–H groups in total. The zero-order valence-electron chi connectivity index (χ0n) is 14.2.